The van der Waals surface area contributed by atoms with Crippen LogP contribution in [0.4, 0.5) is 13.2 Å². The maximum absolute atomic E-state index is 13.1. The summed E-state index contributed by atoms with van der Waals surface area (Å²) in [5.74, 6) is -2.71. The second-order valence-electron chi connectivity index (χ2n) is 9.25. The van der Waals surface area contributed by atoms with Crippen molar-refractivity contribution < 1.29 is 22.6 Å². The summed E-state index contributed by atoms with van der Waals surface area (Å²) in [4.78, 5) is 0. The van der Waals surface area contributed by atoms with E-state index in [1.807, 2.05) is 42.5 Å². The van der Waals surface area contributed by atoms with Gasteiger partial charge in [-0.15, -0.1) is 0 Å². The first kappa shape index (κ1) is 22.9. The van der Waals surface area contributed by atoms with Crippen molar-refractivity contribution in [3.63, 3.8) is 0 Å². The van der Waals surface area contributed by atoms with E-state index in [0.717, 1.165) is 29.8 Å². The molecule has 2 saturated heterocycles. The molecule has 1 aliphatic carbocycles. The Labute approximate surface area is 199 Å². The number of nitrogens with one attached hydrogen (secondary N) is 1. The second kappa shape index (κ2) is 7.57. The maximum atomic E-state index is 13.1. The van der Waals surface area contributed by atoms with E-state index in [-0.39, 0.29) is 11.5 Å². The van der Waals surface area contributed by atoms with E-state index in [1.165, 1.54) is 0 Å². The van der Waals surface area contributed by atoms with Crippen molar-refractivity contribution in [3.8, 4) is 18.2 Å². The highest BCUT2D eigenvalue weighted by molar-refractivity contribution is 5.89. The van der Waals surface area contributed by atoms with Gasteiger partial charge in [0.15, 0.2) is 5.41 Å². The van der Waals surface area contributed by atoms with E-state index in [2.05, 4.69) is 6.07 Å². The smallest absolute Gasteiger partial charge is 0.416 e. The minimum absolute atomic E-state index is 0.00199. The average molecular weight is 476 g/mol. The highest BCUT2D eigenvalue weighted by atomic mass is 19.4. The predicted octanol–water partition coefficient (Wildman–Crippen LogP) is 5.61. The van der Waals surface area contributed by atoms with E-state index < -0.39 is 46.3 Å². The number of ether oxygens (including phenoxy) is 2. The molecule has 3 aliphatic rings. The minimum Gasteiger partial charge on any atom is -0.447 e. The normalized spacial score (nSPS) is 32.9. The molecule has 0 aromatic heterocycles. The zero-order valence-electron chi connectivity index (χ0n) is 18.3. The number of hydrogen-bond donors (Lipinski definition) is 1. The Bertz CT molecular complexity index is 1290. The molecule has 2 aromatic carbocycles. The third-order valence-corrected chi connectivity index (χ3v) is 7.72. The van der Waals surface area contributed by atoms with Crippen molar-refractivity contribution in [1.82, 2.24) is 0 Å². The van der Waals surface area contributed by atoms with Crippen molar-refractivity contribution in [2.75, 3.05) is 0 Å². The van der Waals surface area contributed by atoms with E-state index >= 15 is 0 Å². The van der Waals surface area contributed by atoms with Gasteiger partial charge in [-0.1, -0.05) is 42.5 Å². The van der Waals surface area contributed by atoms with Crippen LogP contribution in [-0.4, -0.2) is 11.7 Å². The van der Waals surface area contributed by atoms with Crippen LogP contribution in [0.25, 0.3) is 0 Å². The number of alkyl halides is 3. The lowest BCUT2D eigenvalue weighted by atomic mass is 9.50. The third kappa shape index (κ3) is 2.93. The van der Waals surface area contributed by atoms with Gasteiger partial charge in [-0.25, -0.2) is 0 Å². The summed E-state index contributed by atoms with van der Waals surface area (Å²) in [6, 6.07) is 19.6. The standard InChI is InChI=1S/C26H19F3N4O2/c27-26(28,29)19-8-6-17(7-9-19)21-23(13-30,14-31)24(15-32)20-12-18(16-4-2-1-3-5-16)10-11-25(20,34-21)35-22(24)33/h1-9,18,20-21,33H,10-12H2. The van der Waals surface area contributed by atoms with Crippen LogP contribution in [0.2, 0.25) is 0 Å². The van der Waals surface area contributed by atoms with Gasteiger partial charge in [0.2, 0.25) is 17.1 Å². The van der Waals surface area contributed by atoms with Gasteiger partial charge in [0.05, 0.1) is 29.7 Å². The van der Waals surface area contributed by atoms with Gasteiger partial charge in [0.25, 0.3) is 0 Å². The largest absolute Gasteiger partial charge is 0.447 e. The van der Waals surface area contributed by atoms with Gasteiger partial charge in [0.1, 0.15) is 6.10 Å². The predicted molar refractivity (Wildman–Crippen MR) is 115 cm³/mol. The summed E-state index contributed by atoms with van der Waals surface area (Å²) in [5.41, 5.74) is -3.87. The molecule has 2 bridgehead atoms. The number of nitrogens with zero attached hydrogens (tertiary/aromatic N) is 3. The monoisotopic (exact) mass is 476 g/mol. The topological polar surface area (TPSA) is 114 Å². The molecule has 5 unspecified atom stereocenters. The van der Waals surface area contributed by atoms with Crippen molar-refractivity contribution in [2.24, 2.45) is 16.7 Å². The first-order valence-corrected chi connectivity index (χ1v) is 11.1. The highest BCUT2D eigenvalue weighted by Gasteiger charge is 2.81. The van der Waals surface area contributed by atoms with E-state index in [4.69, 9.17) is 14.9 Å². The summed E-state index contributed by atoms with van der Waals surface area (Å²) in [6.45, 7) is 0. The molecule has 0 spiro atoms. The number of nitriles is 3. The lowest BCUT2D eigenvalue weighted by Crippen LogP contribution is -2.60. The molecule has 2 aliphatic heterocycles. The van der Waals surface area contributed by atoms with Crippen LogP contribution >= 0.6 is 0 Å². The fraction of sp³-hybridized carbons (Fsp3) is 0.385. The van der Waals surface area contributed by atoms with Gasteiger partial charge < -0.3 is 9.47 Å². The number of benzene rings is 2. The van der Waals surface area contributed by atoms with Crippen LogP contribution in [0.15, 0.2) is 54.6 Å². The lowest BCUT2D eigenvalue weighted by Gasteiger charge is -2.52. The van der Waals surface area contributed by atoms with Crippen molar-refractivity contribution in [3.05, 3.63) is 71.3 Å². The maximum Gasteiger partial charge on any atom is 0.416 e. The van der Waals surface area contributed by atoms with Gasteiger partial charge >= 0.3 is 6.18 Å². The molecule has 0 amide bonds. The summed E-state index contributed by atoms with van der Waals surface area (Å²) in [7, 11) is 0. The Morgan fingerprint density at radius 2 is 1.57 bits per heavy atom. The number of halogens is 3. The molecule has 176 valence electrons. The Morgan fingerprint density at radius 1 is 0.914 bits per heavy atom. The number of rotatable bonds is 2. The van der Waals surface area contributed by atoms with Crippen molar-refractivity contribution in [2.45, 2.75) is 43.2 Å². The molecule has 2 heterocycles. The molecule has 35 heavy (non-hydrogen) atoms. The van der Waals surface area contributed by atoms with Gasteiger partial charge in [0, 0.05) is 6.42 Å². The molecule has 5 atom stereocenters. The molecule has 5 rings (SSSR count). The fourth-order valence-electron chi connectivity index (χ4n) is 6.01. The molecule has 0 radical (unpaired) electrons. The van der Waals surface area contributed by atoms with Gasteiger partial charge in [-0.2, -0.15) is 29.0 Å². The van der Waals surface area contributed by atoms with Crippen LogP contribution < -0.4 is 0 Å². The Morgan fingerprint density at radius 3 is 2.14 bits per heavy atom. The first-order valence-electron chi connectivity index (χ1n) is 11.1. The van der Waals surface area contributed by atoms with E-state index in [9.17, 15) is 29.0 Å². The van der Waals surface area contributed by atoms with Crippen LogP contribution in [0.3, 0.4) is 0 Å². The van der Waals surface area contributed by atoms with Crippen LogP contribution in [0.1, 0.15) is 48.0 Å². The molecule has 1 N–H and O–H groups in total. The third-order valence-electron chi connectivity index (χ3n) is 7.72. The Hall–Kier alpha value is -3.87. The lowest BCUT2D eigenvalue weighted by molar-refractivity contribution is -0.296. The SMILES string of the molecule is N#CC1(C#N)C(c2ccc(C(F)(F)F)cc2)OC23CCC(c4ccccc4)CC2C1(C#N)C(=N)O3. The molecular formula is C26H19F3N4O2. The van der Waals surface area contributed by atoms with Crippen molar-refractivity contribution in [1.29, 1.82) is 21.2 Å². The van der Waals surface area contributed by atoms with Crippen molar-refractivity contribution >= 4 is 5.90 Å². The first-order chi connectivity index (χ1) is 16.7. The zero-order valence-corrected chi connectivity index (χ0v) is 18.3. The van der Waals surface area contributed by atoms with Gasteiger partial charge in [-0.3, -0.25) is 5.41 Å². The average Bonchev–Trinajstić information content (AvgIpc) is 3.07. The minimum atomic E-state index is -4.56. The summed E-state index contributed by atoms with van der Waals surface area (Å²) in [6.07, 6.45) is -4.68. The van der Waals surface area contributed by atoms with E-state index in [0.29, 0.717) is 19.3 Å². The molecular weight excluding hydrogens is 457 g/mol. The Balaban J connectivity index is 1.64. The summed E-state index contributed by atoms with van der Waals surface area (Å²) < 4.78 is 51.6. The second-order valence-corrected chi connectivity index (χ2v) is 9.25. The molecule has 3 fully saturated rings. The van der Waals surface area contributed by atoms with Gasteiger partial charge in [-0.05, 0) is 42.0 Å². The fourth-order valence-corrected chi connectivity index (χ4v) is 6.01. The van der Waals surface area contributed by atoms with E-state index in [1.54, 1.807) is 0 Å². The quantitative estimate of drug-likeness (QED) is 0.605. The molecule has 2 aromatic rings. The molecule has 9 heteroatoms. The summed E-state index contributed by atoms with van der Waals surface area (Å²) in [5, 5.41) is 39.8. The summed E-state index contributed by atoms with van der Waals surface area (Å²) >= 11 is 0. The molecule has 1 saturated carbocycles. The Kier molecular flexibility index (Phi) is 4.95. The molecule has 6 nitrogen and oxygen atoms in total. The highest BCUT2D eigenvalue weighted by Crippen LogP contribution is 2.70. The number of hydrogen-bond acceptors (Lipinski definition) is 6. The van der Waals surface area contributed by atoms with Crippen LogP contribution in [0, 0.1) is 56.2 Å². The van der Waals surface area contributed by atoms with Crippen LogP contribution in [0.5, 0.6) is 0 Å². The zero-order chi connectivity index (χ0) is 25.1. The van der Waals surface area contributed by atoms with Crippen LogP contribution in [-0.2, 0) is 15.7 Å².